The van der Waals surface area contributed by atoms with Crippen LogP contribution in [0.4, 0.5) is 13.2 Å². The number of amides is 2. The van der Waals surface area contributed by atoms with E-state index in [1.165, 1.54) is 24.3 Å². The van der Waals surface area contributed by atoms with Gasteiger partial charge in [-0.1, -0.05) is 30.3 Å². The standard InChI is InChI=1S/C22H13F3N2O3S/c23-22(24,25)15-8-4-7-14(11-15)17-10-9-16(30-17)12-18-20(29)27-21(31-18)26-19(28)13-5-2-1-3-6-13/h1-12H,(H,26,27,28,29)/b18-12-. The minimum absolute atomic E-state index is 0.134. The molecule has 1 aromatic heterocycles. The number of benzene rings is 2. The second-order valence-corrected chi connectivity index (χ2v) is 7.46. The summed E-state index contributed by atoms with van der Waals surface area (Å²) < 4.78 is 44.3. The third kappa shape index (κ3) is 4.77. The maximum absolute atomic E-state index is 12.9. The third-order valence-electron chi connectivity index (χ3n) is 4.25. The first-order valence-corrected chi connectivity index (χ1v) is 9.78. The van der Waals surface area contributed by atoms with Gasteiger partial charge in [0.2, 0.25) is 0 Å². The SMILES string of the molecule is O=C1NC(=NC(=O)c2ccccc2)S/C1=C\c1ccc(-c2cccc(C(F)(F)F)c2)o1. The van der Waals surface area contributed by atoms with Crippen LogP contribution < -0.4 is 5.32 Å². The van der Waals surface area contributed by atoms with Crippen LogP contribution >= 0.6 is 11.8 Å². The normalized spacial score (nSPS) is 16.7. The quantitative estimate of drug-likeness (QED) is 0.554. The maximum Gasteiger partial charge on any atom is 0.416 e. The summed E-state index contributed by atoms with van der Waals surface area (Å²) in [5.41, 5.74) is -0.131. The lowest BCUT2D eigenvalue weighted by Crippen LogP contribution is -2.20. The second-order valence-electron chi connectivity index (χ2n) is 6.43. The van der Waals surface area contributed by atoms with Crippen LogP contribution in [0.25, 0.3) is 17.4 Å². The van der Waals surface area contributed by atoms with Crippen LogP contribution in [0.1, 0.15) is 21.7 Å². The molecule has 31 heavy (non-hydrogen) atoms. The fourth-order valence-electron chi connectivity index (χ4n) is 2.78. The molecular formula is C22H13F3N2O3S. The number of nitrogens with zero attached hydrogens (tertiary/aromatic N) is 1. The van der Waals surface area contributed by atoms with Crippen molar-refractivity contribution in [3.8, 4) is 11.3 Å². The molecule has 156 valence electrons. The van der Waals surface area contributed by atoms with Gasteiger partial charge >= 0.3 is 6.18 Å². The van der Waals surface area contributed by atoms with Crippen LogP contribution in [-0.2, 0) is 11.0 Å². The highest BCUT2D eigenvalue weighted by molar-refractivity contribution is 8.18. The van der Waals surface area contributed by atoms with Crippen molar-refractivity contribution in [2.75, 3.05) is 0 Å². The molecule has 9 heteroatoms. The van der Waals surface area contributed by atoms with Crippen molar-refractivity contribution >= 4 is 34.8 Å². The number of amidine groups is 1. The number of furan rings is 1. The number of carbonyl (C=O) groups is 2. The molecule has 0 bridgehead atoms. The monoisotopic (exact) mass is 442 g/mol. The molecule has 1 saturated heterocycles. The molecule has 4 rings (SSSR count). The van der Waals surface area contributed by atoms with Gasteiger partial charge in [-0.3, -0.25) is 9.59 Å². The fraction of sp³-hybridized carbons (Fsp3) is 0.0455. The first-order chi connectivity index (χ1) is 14.8. The number of hydrogen-bond donors (Lipinski definition) is 1. The smallest absolute Gasteiger partial charge is 0.416 e. The first-order valence-electron chi connectivity index (χ1n) is 8.96. The number of carbonyl (C=O) groups excluding carboxylic acids is 2. The highest BCUT2D eigenvalue weighted by Crippen LogP contribution is 2.33. The van der Waals surface area contributed by atoms with E-state index in [9.17, 15) is 22.8 Å². The van der Waals surface area contributed by atoms with Crippen LogP contribution in [0.2, 0.25) is 0 Å². The summed E-state index contributed by atoms with van der Waals surface area (Å²) in [5.74, 6) is -0.439. The lowest BCUT2D eigenvalue weighted by molar-refractivity contribution is -0.137. The van der Waals surface area contributed by atoms with E-state index in [0.717, 1.165) is 23.9 Å². The molecule has 3 aromatic rings. The number of nitrogens with one attached hydrogen (secondary N) is 1. The number of aliphatic imine (C=N–C) groups is 1. The van der Waals surface area contributed by atoms with Crippen LogP contribution in [-0.4, -0.2) is 17.0 Å². The topological polar surface area (TPSA) is 71.7 Å². The second kappa shape index (κ2) is 8.27. The van der Waals surface area contributed by atoms with E-state index in [-0.39, 0.29) is 27.2 Å². The van der Waals surface area contributed by atoms with Gasteiger partial charge in [-0.2, -0.15) is 18.2 Å². The molecule has 2 aromatic carbocycles. The predicted octanol–water partition coefficient (Wildman–Crippen LogP) is 5.37. The number of thioether (sulfide) groups is 1. The van der Waals surface area contributed by atoms with Gasteiger partial charge in [-0.15, -0.1) is 0 Å². The van der Waals surface area contributed by atoms with Crippen molar-refractivity contribution in [2.45, 2.75) is 6.18 Å². The zero-order chi connectivity index (χ0) is 22.0. The molecular weight excluding hydrogens is 429 g/mol. The van der Waals surface area contributed by atoms with Gasteiger partial charge < -0.3 is 9.73 Å². The van der Waals surface area contributed by atoms with Gasteiger partial charge in [0.05, 0.1) is 10.5 Å². The molecule has 1 fully saturated rings. The zero-order valence-corrected chi connectivity index (χ0v) is 16.5. The molecule has 0 spiro atoms. The Labute approximate surface area is 178 Å². The van der Waals surface area contributed by atoms with Crippen LogP contribution in [0.3, 0.4) is 0 Å². The van der Waals surface area contributed by atoms with Crippen LogP contribution in [0, 0.1) is 0 Å². The highest BCUT2D eigenvalue weighted by Gasteiger charge is 2.30. The van der Waals surface area contributed by atoms with E-state index in [2.05, 4.69) is 10.3 Å². The Morgan fingerprint density at radius 1 is 1.03 bits per heavy atom. The van der Waals surface area contributed by atoms with Crippen molar-refractivity contribution < 1.29 is 27.2 Å². The van der Waals surface area contributed by atoms with Gasteiger partial charge in [-0.25, -0.2) is 0 Å². The van der Waals surface area contributed by atoms with Crippen molar-refractivity contribution in [3.05, 3.63) is 88.5 Å². The van der Waals surface area contributed by atoms with Gasteiger partial charge in [0.1, 0.15) is 11.5 Å². The largest absolute Gasteiger partial charge is 0.457 e. The summed E-state index contributed by atoms with van der Waals surface area (Å²) in [6, 6.07) is 16.2. The van der Waals surface area contributed by atoms with Crippen LogP contribution in [0.15, 0.2) is 81.0 Å². The Balaban J connectivity index is 1.53. The maximum atomic E-state index is 12.9. The van der Waals surface area contributed by atoms with Crippen molar-refractivity contribution in [2.24, 2.45) is 4.99 Å². The average molecular weight is 442 g/mol. The number of hydrogen-bond acceptors (Lipinski definition) is 4. The van der Waals surface area contributed by atoms with Gasteiger partial charge in [0, 0.05) is 17.2 Å². The van der Waals surface area contributed by atoms with E-state index in [0.29, 0.717) is 5.56 Å². The number of alkyl halides is 3. The Bertz CT molecular complexity index is 1210. The van der Waals surface area contributed by atoms with Gasteiger partial charge in [0.15, 0.2) is 5.17 Å². The Morgan fingerprint density at radius 3 is 2.55 bits per heavy atom. The Hall–Kier alpha value is -3.59. The lowest BCUT2D eigenvalue weighted by Gasteiger charge is -2.07. The van der Waals surface area contributed by atoms with Crippen LogP contribution in [0.5, 0.6) is 0 Å². The van der Waals surface area contributed by atoms with E-state index < -0.39 is 23.6 Å². The minimum atomic E-state index is -4.46. The molecule has 1 aliphatic rings. The molecule has 5 nitrogen and oxygen atoms in total. The highest BCUT2D eigenvalue weighted by atomic mass is 32.2. The lowest BCUT2D eigenvalue weighted by atomic mass is 10.1. The zero-order valence-electron chi connectivity index (χ0n) is 15.6. The Kier molecular flexibility index (Phi) is 5.51. The summed E-state index contributed by atoms with van der Waals surface area (Å²) in [6.45, 7) is 0. The van der Waals surface area contributed by atoms with E-state index in [1.54, 1.807) is 36.4 Å². The molecule has 0 unspecified atom stereocenters. The molecule has 0 aliphatic carbocycles. The van der Waals surface area contributed by atoms with Gasteiger partial charge in [0.25, 0.3) is 11.8 Å². The summed E-state index contributed by atoms with van der Waals surface area (Å²) in [5, 5.41) is 2.64. The molecule has 0 saturated carbocycles. The average Bonchev–Trinajstić information content (AvgIpc) is 3.35. The summed E-state index contributed by atoms with van der Waals surface area (Å²) >= 11 is 0.968. The summed E-state index contributed by atoms with van der Waals surface area (Å²) in [7, 11) is 0. The molecule has 1 N–H and O–H groups in total. The fourth-order valence-corrected chi connectivity index (χ4v) is 3.58. The van der Waals surface area contributed by atoms with Crippen molar-refractivity contribution in [1.82, 2.24) is 5.32 Å². The van der Waals surface area contributed by atoms with E-state index in [1.807, 2.05) is 0 Å². The van der Waals surface area contributed by atoms with Gasteiger partial charge in [-0.05, 0) is 48.2 Å². The summed E-state index contributed by atoms with van der Waals surface area (Å²) in [6.07, 6.45) is -3.02. The summed E-state index contributed by atoms with van der Waals surface area (Å²) in [4.78, 5) is 28.5. The first kappa shape index (κ1) is 20.7. The molecule has 1 aliphatic heterocycles. The van der Waals surface area contributed by atoms with E-state index >= 15 is 0 Å². The number of halogens is 3. The van der Waals surface area contributed by atoms with E-state index in [4.69, 9.17) is 4.42 Å². The Morgan fingerprint density at radius 2 is 1.81 bits per heavy atom. The van der Waals surface area contributed by atoms with Crippen molar-refractivity contribution in [1.29, 1.82) is 0 Å². The molecule has 2 heterocycles. The molecule has 0 atom stereocenters. The molecule has 0 radical (unpaired) electrons. The molecule has 2 amide bonds. The predicted molar refractivity (Wildman–Crippen MR) is 111 cm³/mol. The minimum Gasteiger partial charge on any atom is -0.457 e. The number of rotatable bonds is 3. The van der Waals surface area contributed by atoms with Crippen molar-refractivity contribution in [3.63, 3.8) is 0 Å². The third-order valence-corrected chi connectivity index (χ3v) is 5.16.